The number of rotatable bonds is 10. The molecule has 0 saturated heterocycles. The number of aliphatic hydroxyl groups excluding tert-OH is 1. The van der Waals surface area contributed by atoms with Gasteiger partial charge >= 0.3 is 0 Å². The molecule has 2 heteroatoms. The molecule has 1 aromatic rings. The van der Waals surface area contributed by atoms with Crippen LogP contribution in [0.4, 0.5) is 0 Å². The maximum atomic E-state index is 10.0. The zero-order chi connectivity index (χ0) is 13.9. The SMILES string of the molecule is CCCCCCCCCC[C@@H](O)c1ccc(Cl)cc1. The number of aliphatic hydroxyl groups is 1. The van der Waals surface area contributed by atoms with E-state index in [2.05, 4.69) is 6.92 Å². The van der Waals surface area contributed by atoms with Crippen molar-refractivity contribution in [3.05, 3.63) is 34.9 Å². The summed E-state index contributed by atoms with van der Waals surface area (Å²) in [5.41, 5.74) is 0.979. The Balaban J connectivity index is 2.04. The molecule has 1 nitrogen and oxygen atoms in total. The van der Waals surface area contributed by atoms with Crippen LogP contribution in [0.2, 0.25) is 5.02 Å². The highest BCUT2D eigenvalue weighted by Gasteiger charge is 2.06. The maximum Gasteiger partial charge on any atom is 0.0790 e. The summed E-state index contributed by atoms with van der Waals surface area (Å²) in [5, 5.41) is 10.8. The average Bonchev–Trinajstić information content (AvgIpc) is 2.42. The van der Waals surface area contributed by atoms with E-state index in [4.69, 9.17) is 11.6 Å². The molecule has 0 aliphatic rings. The third-order valence-corrected chi connectivity index (χ3v) is 3.84. The Bertz CT molecular complexity index is 321. The molecule has 0 fully saturated rings. The van der Waals surface area contributed by atoms with Crippen LogP contribution in [0.5, 0.6) is 0 Å². The van der Waals surface area contributed by atoms with Crippen LogP contribution in [0.3, 0.4) is 0 Å². The number of hydrogen-bond acceptors (Lipinski definition) is 1. The first-order valence-corrected chi connectivity index (χ1v) is 8.05. The second kappa shape index (κ2) is 10.3. The van der Waals surface area contributed by atoms with Gasteiger partial charge in [0.25, 0.3) is 0 Å². The van der Waals surface area contributed by atoms with Crippen LogP contribution < -0.4 is 0 Å². The van der Waals surface area contributed by atoms with Gasteiger partial charge in [0.15, 0.2) is 0 Å². The first kappa shape index (κ1) is 16.5. The van der Waals surface area contributed by atoms with E-state index in [9.17, 15) is 5.11 Å². The Labute approximate surface area is 123 Å². The lowest BCUT2D eigenvalue weighted by atomic mass is 10.0. The van der Waals surface area contributed by atoms with Crippen LogP contribution >= 0.6 is 11.6 Å². The second-order valence-corrected chi connectivity index (χ2v) is 5.77. The molecule has 108 valence electrons. The van der Waals surface area contributed by atoms with Gasteiger partial charge in [-0.15, -0.1) is 0 Å². The summed E-state index contributed by atoms with van der Waals surface area (Å²) in [6.45, 7) is 2.25. The molecule has 0 aliphatic heterocycles. The van der Waals surface area contributed by atoms with E-state index < -0.39 is 0 Å². The van der Waals surface area contributed by atoms with E-state index in [1.54, 1.807) is 0 Å². The molecule has 1 N–H and O–H groups in total. The predicted molar refractivity (Wildman–Crippen MR) is 83.6 cm³/mol. The van der Waals surface area contributed by atoms with Crippen molar-refractivity contribution in [3.63, 3.8) is 0 Å². The van der Waals surface area contributed by atoms with Gasteiger partial charge in [-0.2, -0.15) is 0 Å². The van der Waals surface area contributed by atoms with Gasteiger partial charge in [0.05, 0.1) is 6.10 Å². The van der Waals surface area contributed by atoms with E-state index in [0.717, 1.165) is 23.4 Å². The topological polar surface area (TPSA) is 20.2 Å². The van der Waals surface area contributed by atoms with Crippen molar-refractivity contribution in [1.29, 1.82) is 0 Å². The lowest BCUT2D eigenvalue weighted by molar-refractivity contribution is 0.163. The van der Waals surface area contributed by atoms with Crippen molar-refractivity contribution in [2.24, 2.45) is 0 Å². The fraction of sp³-hybridized carbons (Fsp3) is 0.647. The van der Waals surface area contributed by atoms with E-state index >= 15 is 0 Å². The molecule has 19 heavy (non-hydrogen) atoms. The number of benzene rings is 1. The molecule has 0 unspecified atom stereocenters. The number of halogens is 1. The Hall–Kier alpha value is -0.530. The summed E-state index contributed by atoms with van der Waals surface area (Å²) in [4.78, 5) is 0. The molecule has 0 aromatic heterocycles. The van der Waals surface area contributed by atoms with Crippen molar-refractivity contribution in [2.75, 3.05) is 0 Å². The van der Waals surface area contributed by atoms with Gasteiger partial charge in [0.1, 0.15) is 0 Å². The van der Waals surface area contributed by atoms with Crippen molar-refractivity contribution in [3.8, 4) is 0 Å². The van der Waals surface area contributed by atoms with E-state index in [-0.39, 0.29) is 6.10 Å². The number of hydrogen-bond donors (Lipinski definition) is 1. The molecule has 0 spiro atoms. The Morgan fingerprint density at radius 3 is 2.00 bits per heavy atom. The highest BCUT2D eigenvalue weighted by molar-refractivity contribution is 6.30. The van der Waals surface area contributed by atoms with Crippen molar-refractivity contribution >= 4 is 11.6 Å². The molecule has 0 radical (unpaired) electrons. The quantitative estimate of drug-likeness (QED) is 0.529. The minimum Gasteiger partial charge on any atom is -0.388 e. The second-order valence-electron chi connectivity index (χ2n) is 5.33. The van der Waals surface area contributed by atoms with Gasteiger partial charge in [-0.25, -0.2) is 0 Å². The largest absolute Gasteiger partial charge is 0.388 e. The summed E-state index contributed by atoms with van der Waals surface area (Å²) < 4.78 is 0. The molecule has 1 rings (SSSR count). The van der Waals surface area contributed by atoms with Crippen LogP contribution in [-0.4, -0.2) is 5.11 Å². The van der Waals surface area contributed by atoms with Crippen LogP contribution in [0.15, 0.2) is 24.3 Å². The zero-order valence-electron chi connectivity index (χ0n) is 12.1. The van der Waals surface area contributed by atoms with Crippen LogP contribution in [0.25, 0.3) is 0 Å². The maximum absolute atomic E-state index is 10.0. The lowest BCUT2D eigenvalue weighted by Crippen LogP contribution is -1.97. The highest BCUT2D eigenvalue weighted by Crippen LogP contribution is 2.21. The molecule has 0 heterocycles. The standard InChI is InChI=1S/C17H27ClO/c1-2-3-4-5-6-7-8-9-10-17(19)15-11-13-16(18)14-12-15/h11-14,17,19H,2-10H2,1H3/t17-/m1/s1. The summed E-state index contributed by atoms with van der Waals surface area (Å²) in [5.74, 6) is 0. The van der Waals surface area contributed by atoms with Crippen molar-refractivity contribution < 1.29 is 5.11 Å². The molecular formula is C17H27ClO. The Kier molecular flexibility index (Phi) is 8.94. The van der Waals surface area contributed by atoms with Crippen molar-refractivity contribution in [1.82, 2.24) is 0 Å². The smallest absolute Gasteiger partial charge is 0.0790 e. The van der Waals surface area contributed by atoms with Gasteiger partial charge in [-0.05, 0) is 24.1 Å². The lowest BCUT2D eigenvalue weighted by Gasteiger charge is -2.10. The van der Waals surface area contributed by atoms with Gasteiger partial charge in [0, 0.05) is 5.02 Å². The number of unbranched alkanes of at least 4 members (excludes halogenated alkanes) is 7. The molecule has 0 amide bonds. The van der Waals surface area contributed by atoms with Crippen LogP contribution in [0.1, 0.15) is 76.4 Å². The monoisotopic (exact) mass is 282 g/mol. The zero-order valence-corrected chi connectivity index (χ0v) is 12.8. The molecule has 1 atom stereocenters. The molecular weight excluding hydrogens is 256 g/mol. The van der Waals surface area contributed by atoms with E-state index in [1.807, 2.05) is 24.3 Å². The summed E-state index contributed by atoms with van der Waals surface area (Å²) >= 11 is 5.83. The third kappa shape index (κ3) is 7.59. The highest BCUT2D eigenvalue weighted by atomic mass is 35.5. The van der Waals surface area contributed by atoms with E-state index in [0.29, 0.717) is 0 Å². The van der Waals surface area contributed by atoms with Crippen LogP contribution in [0, 0.1) is 0 Å². The molecule has 0 aliphatic carbocycles. The van der Waals surface area contributed by atoms with Gasteiger partial charge in [-0.3, -0.25) is 0 Å². The molecule has 0 saturated carbocycles. The summed E-state index contributed by atoms with van der Waals surface area (Å²) in [6, 6.07) is 7.51. The Morgan fingerprint density at radius 1 is 0.895 bits per heavy atom. The van der Waals surface area contributed by atoms with E-state index in [1.165, 1.54) is 44.9 Å². The summed E-state index contributed by atoms with van der Waals surface area (Å²) in [6.07, 6.45) is 10.9. The first-order valence-electron chi connectivity index (χ1n) is 7.67. The first-order chi connectivity index (χ1) is 9.24. The van der Waals surface area contributed by atoms with Gasteiger partial charge in [-0.1, -0.05) is 82.0 Å². The van der Waals surface area contributed by atoms with Crippen LogP contribution in [-0.2, 0) is 0 Å². The summed E-state index contributed by atoms with van der Waals surface area (Å²) in [7, 11) is 0. The van der Waals surface area contributed by atoms with Crippen molar-refractivity contribution in [2.45, 2.75) is 70.8 Å². The molecule has 0 bridgehead atoms. The average molecular weight is 283 g/mol. The minimum absolute atomic E-state index is 0.336. The molecule has 1 aromatic carbocycles. The minimum atomic E-state index is -0.336. The fourth-order valence-corrected chi connectivity index (χ4v) is 2.45. The normalized spacial score (nSPS) is 12.6. The Morgan fingerprint density at radius 2 is 1.42 bits per heavy atom. The van der Waals surface area contributed by atoms with Gasteiger partial charge < -0.3 is 5.11 Å². The van der Waals surface area contributed by atoms with Gasteiger partial charge in [0.2, 0.25) is 0 Å². The fourth-order valence-electron chi connectivity index (χ4n) is 2.32. The third-order valence-electron chi connectivity index (χ3n) is 3.59. The predicted octanol–water partition coefficient (Wildman–Crippen LogP) is 5.90.